The van der Waals surface area contributed by atoms with Crippen LogP contribution in [-0.4, -0.2) is 12.5 Å². The molecule has 0 bridgehead atoms. The predicted octanol–water partition coefficient (Wildman–Crippen LogP) is 4.22. The number of nitrogens with two attached hydrogens (primary N) is 1. The maximum atomic E-state index is 11.3. The maximum Gasteiger partial charge on any atom is 0.221 e. The second kappa shape index (κ2) is 8.03. The lowest BCUT2D eigenvalue weighted by Crippen LogP contribution is -2.06. The summed E-state index contributed by atoms with van der Waals surface area (Å²) in [5, 5.41) is 6.21. The molecule has 0 heterocycles. The quantitative estimate of drug-likeness (QED) is 0.553. The topological polar surface area (TPSA) is 67.2 Å². The lowest BCUT2D eigenvalue weighted by molar-refractivity contribution is -0.114. The fourth-order valence-electron chi connectivity index (χ4n) is 2.31. The molecule has 2 aromatic rings. The zero-order valence-electron chi connectivity index (χ0n) is 13.6. The Labute approximate surface area is 137 Å². The SMILES string of the molecule is CCCNc1c(N)cccc1/C=C/c1ccccc1NC(C)=O. The molecule has 4 heteroatoms. The first-order valence-corrected chi connectivity index (χ1v) is 7.79. The van der Waals surface area contributed by atoms with E-state index in [1.807, 2.05) is 54.6 Å². The van der Waals surface area contributed by atoms with E-state index in [1.165, 1.54) is 6.92 Å². The summed E-state index contributed by atoms with van der Waals surface area (Å²) in [4.78, 5) is 11.3. The van der Waals surface area contributed by atoms with E-state index >= 15 is 0 Å². The lowest BCUT2D eigenvalue weighted by Gasteiger charge is -2.12. The second-order valence-corrected chi connectivity index (χ2v) is 5.34. The van der Waals surface area contributed by atoms with Crippen LogP contribution in [0.1, 0.15) is 31.4 Å². The van der Waals surface area contributed by atoms with Gasteiger partial charge in [0.1, 0.15) is 0 Å². The summed E-state index contributed by atoms with van der Waals surface area (Å²) in [5.74, 6) is -0.0832. The maximum absolute atomic E-state index is 11.3. The molecule has 0 aliphatic heterocycles. The Bertz CT molecular complexity index is 708. The Hall–Kier alpha value is -2.75. The summed E-state index contributed by atoms with van der Waals surface area (Å²) in [6.07, 6.45) is 5.02. The van der Waals surface area contributed by atoms with Gasteiger partial charge in [0.05, 0.1) is 11.4 Å². The van der Waals surface area contributed by atoms with Crippen LogP contribution in [0.4, 0.5) is 17.1 Å². The van der Waals surface area contributed by atoms with Crippen molar-refractivity contribution in [1.29, 1.82) is 0 Å². The van der Waals surface area contributed by atoms with Crippen LogP contribution in [0.3, 0.4) is 0 Å². The molecule has 120 valence electrons. The largest absolute Gasteiger partial charge is 0.397 e. The van der Waals surface area contributed by atoms with Gasteiger partial charge < -0.3 is 16.4 Å². The fraction of sp³-hybridized carbons (Fsp3) is 0.211. The summed E-state index contributed by atoms with van der Waals surface area (Å²) >= 11 is 0. The van der Waals surface area contributed by atoms with Crippen LogP contribution in [-0.2, 0) is 4.79 Å². The fourth-order valence-corrected chi connectivity index (χ4v) is 2.31. The van der Waals surface area contributed by atoms with Gasteiger partial charge in [0, 0.05) is 19.2 Å². The highest BCUT2D eigenvalue weighted by molar-refractivity contribution is 5.93. The third kappa shape index (κ3) is 4.61. The van der Waals surface area contributed by atoms with Crippen molar-refractivity contribution in [3.05, 3.63) is 53.6 Å². The number of nitrogens with one attached hydrogen (secondary N) is 2. The van der Waals surface area contributed by atoms with Gasteiger partial charge in [-0.1, -0.05) is 49.4 Å². The van der Waals surface area contributed by atoms with Crippen LogP contribution in [0.5, 0.6) is 0 Å². The molecule has 0 spiro atoms. The highest BCUT2D eigenvalue weighted by Crippen LogP contribution is 2.26. The number of carbonyl (C=O) groups is 1. The molecule has 0 fully saturated rings. The van der Waals surface area contributed by atoms with Crippen LogP contribution in [0.15, 0.2) is 42.5 Å². The van der Waals surface area contributed by atoms with E-state index in [1.54, 1.807) is 0 Å². The summed E-state index contributed by atoms with van der Waals surface area (Å²) in [6.45, 7) is 4.49. The van der Waals surface area contributed by atoms with Crippen LogP contribution >= 0.6 is 0 Å². The van der Waals surface area contributed by atoms with E-state index in [2.05, 4.69) is 17.6 Å². The molecule has 0 aliphatic carbocycles. The molecule has 2 rings (SSSR count). The van der Waals surface area contributed by atoms with Gasteiger partial charge in [-0.05, 0) is 29.7 Å². The minimum atomic E-state index is -0.0832. The van der Waals surface area contributed by atoms with Gasteiger partial charge in [0.15, 0.2) is 0 Å². The number of para-hydroxylation sites is 2. The monoisotopic (exact) mass is 309 g/mol. The van der Waals surface area contributed by atoms with Gasteiger partial charge in [0.25, 0.3) is 0 Å². The zero-order valence-corrected chi connectivity index (χ0v) is 13.6. The molecular weight excluding hydrogens is 286 g/mol. The van der Waals surface area contributed by atoms with Crippen molar-refractivity contribution in [2.75, 3.05) is 22.9 Å². The minimum Gasteiger partial charge on any atom is -0.397 e. The molecule has 0 aromatic heterocycles. The molecule has 0 aliphatic rings. The predicted molar refractivity (Wildman–Crippen MR) is 99.3 cm³/mol. The average Bonchev–Trinajstić information content (AvgIpc) is 2.52. The van der Waals surface area contributed by atoms with Crippen molar-refractivity contribution >= 4 is 35.1 Å². The van der Waals surface area contributed by atoms with Crippen molar-refractivity contribution in [3.63, 3.8) is 0 Å². The third-order valence-electron chi connectivity index (χ3n) is 3.39. The van der Waals surface area contributed by atoms with Gasteiger partial charge in [-0.3, -0.25) is 4.79 Å². The molecule has 1 amide bonds. The number of benzene rings is 2. The first-order valence-electron chi connectivity index (χ1n) is 7.79. The van der Waals surface area contributed by atoms with Gasteiger partial charge >= 0.3 is 0 Å². The number of rotatable bonds is 6. The van der Waals surface area contributed by atoms with E-state index in [4.69, 9.17) is 5.73 Å². The number of amides is 1. The molecule has 4 N–H and O–H groups in total. The van der Waals surface area contributed by atoms with E-state index in [9.17, 15) is 4.79 Å². The van der Waals surface area contributed by atoms with E-state index < -0.39 is 0 Å². The molecule has 0 saturated carbocycles. The van der Waals surface area contributed by atoms with Crippen LogP contribution < -0.4 is 16.4 Å². The number of hydrogen-bond donors (Lipinski definition) is 3. The van der Waals surface area contributed by atoms with Crippen molar-refractivity contribution in [2.24, 2.45) is 0 Å². The summed E-state index contributed by atoms with van der Waals surface area (Å²) in [7, 11) is 0. The Kier molecular flexibility index (Phi) is 5.80. The number of nitrogen functional groups attached to an aromatic ring is 1. The highest BCUT2D eigenvalue weighted by Gasteiger charge is 2.04. The van der Waals surface area contributed by atoms with E-state index in [0.29, 0.717) is 0 Å². The Morgan fingerprint density at radius 2 is 1.78 bits per heavy atom. The van der Waals surface area contributed by atoms with Gasteiger partial charge in [0.2, 0.25) is 5.91 Å². The van der Waals surface area contributed by atoms with Crippen LogP contribution in [0.2, 0.25) is 0 Å². The lowest BCUT2D eigenvalue weighted by atomic mass is 10.1. The van der Waals surface area contributed by atoms with Crippen molar-refractivity contribution in [3.8, 4) is 0 Å². The normalized spacial score (nSPS) is 10.7. The summed E-state index contributed by atoms with van der Waals surface area (Å²) < 4.78 is 0. The van der Waals surface area contributed by atoms with E-state index in [-0.39, 0.29) is 5.91 Å². The second-order valence-electron chi connectivity index (χ2n) is 5.34. The van der Waals surface area contributed by atoms with Crippen molar-refractivity contribution < 1.29 is 4.79 Å². The molecule has 23 heavy (non-hydrogen) atoms. The molecular formula is C19H23N3O. The van der Waals surface area contributed by atoms with Gasteiger partial charge in [-0.25, -0.2) is 0 Å². The van der Waals surface area contributed by atoms with Gasteiger partial charge in [-0.2, -0.15) is 0 Å². The van der Waals surface area contributed by atoms with E-state index in [0.717, 1.165) is 41.2 Å². The first-order chi connectivity index (χ1) is 11.1. The molecule has 2 aromatic carbocycles. The van der Waals surface area contributed by atoms with Crippen LogP contribution in [0, 0.1) is 0 Å². The molecule has 0 atom stereocenters. The Morgan fingerprint density at radius 3 is 2.52 bits per heavy atom. The zero-order chi connectivity index (χ0) is 16.7. The Morgan fingerprint density at radius 1 is 1.09 bits per heavy atom. The molecule has 0 unspecified atom stereocenters. The molecule has 4 nitrogen and oxygen atoms in total. The number of anilines is 3. The standard InChI is InChI=1S/C19H23N3O/c1-3-13-21-19-16(8-6-9-17(19)20)12-11-15-7-4-5-10-18(15)22-14(2)23/h4-12,21H,3,13,20H2,1-2H3,(H,22,23)/b12-11+. The number of carbonyl (C=O) groups excluding carboxylic acids is 1. The summed E-state index contributed by atoms with van der Waals surface area (Å²) in [5.41, 5.74) is 10.5. The first kappa shape index (κ1) is 16.6. The number of hydrogen-bond acceptors (Lipinski definition) is 3. The van der Waals surface area contributed by atoms with Crippen molar-refractivity contribution in [1.82, 2.24) is 0 Å². The van der Waals surface area contributed by atoms with Crippen molar-refractivity contribution in [2.45, 2.75) is 20.3 Å². The molecule has 0 saturated heterocycles. The third-order valence-corrected chi connectivity index (χ3v) is 3.39. The minimum absolute atomic E-state index is 0.0832. The van der Waals surface area contributed by atoms with Gasteiger partial charge in [-0.15, -0.1) is 0 Å². The summed E-state index contributed by atoms with van der Waals surface area (Å²) in [6, 6.07) is 13.5. The average molecular weight is 309 g/mol. The highest BCUT2D eigenvalue weighted by atomic mass is 16.1. The smallest absolute Gasteiger partial charge is 0.221 e. The molecule has 0 radical (unpaired) electrons. The van der Waals surface area contributed by atoms with Crippen LogP contribution in [0.25, 0.3) is 12.2 Å². The Balaban J connectivity index is 2.30.